The monoisotopic (exact) mass is 307 g/mol. The first kappa shape index (κ1) is 16.4. The van der Waals surface area contributed by atoms with E-state index >= 15 is 0 Å². The van der Waals surface area contributed by atoms with Crippen LogP contribution in [0.3, 0.4) is 0 Å². The largest absolute Gasteiger partial charge is 0.378 e. The number of ether oxygens (including phenoxy) is 1. The molecular formula is C15H21N3O4. The zero-order valence-corrected chi connectivity index (χ0v) is 12.4. The highest BCUT2D eigenvalue weighted by atomic mass is 16.6. The molecule has 0 saturated carbocycles. The number of carbonyl (C=O) groups excluding carboxylic acids is 1. The molecule has 1 aliphatic rings. The molecule has 1 heterocycles. The molecule has 1 aromatic carbocycles. The molecule has 0 unspecified atom stereocenters. The van der Waals surface area contributed by atoms with Gasteiger partial charge in [-0.2, -0.15) is 0 Å². The number of nitro benzene ring substituents is 1. The Bertz CT molecular complexity index is 510. The number of non-ortho nitro benzene ring substituents is 1. The molecule has 7 heteroatoms. The van der Waals surface area contributed by atoms with E-state index in [9.17, 15) is 14.9 Å². The van der Waals surface area contributed by atoms with Gasteiger partial charge in [-0.3, -0.25) is 14.9 Å². The summed E-state index contributed by atoms with van der Waals surface area (Å²) in [6, 6.07) is 5.72. The molecule has 0 radical (unpaired) electrons. The van der Waals surface area contributed by atoms with E-state index < -0.39 is 4.92 Å². The van der Waals surface area contributed by atoms with Crippen molar-refractivity contribution in [3.8, 4) is 0 Å². The van der Waals surface area contributed by atoms with E-state index in [1.54, 1.807) is 4.90 Å². The minimum atomic E-state index is -0.474. The summed E-state index contributed by atoms with van der Waals surface area (Å²) in [5.41, 5.74) is 5.89. The maximum atomic E-state index is 12.3. The molecule has 1 fully saturated rings. The number of hydrogen-bond acceptors (Lipinski definition) is 5. The lowest BCUT2D eigenvalue weighted by molar-refractivity contribution is -0.384. The molecule has 1 saturated heterocycles. The Balaban J connectivity index is 1.85. The Labute approximate surface area is 129 Å². The summed E-state index contributed by atoms with van der Waals surface area (Å²) in [4.78, 5) is 24.3. The summed E-state index contributed by atoms with van der Waals surface area (Å²) in [6.45, 7) is 2.57. The average molecular weight is 307 g/mol. The molecule has 0 aliphatic carbocycles. The molecule has 7 nitrogen and oxygen atoms in total. The average Bonchev–Trinajstić information content (AvgIpc) is 2.55. The van der Waals surface area contributed by atoms with Gasteiger partial charge in [-0.1, -0.05) is 0 Å². The van der Waals surface area contributed by atoms with Gasteiger partial charge in [-0.05, 0) is 37.9 Å². The molecule has 2 N–H and O–H groups in total. The highest BCUT2D eigenvalue weighted by molar-refractivity contribution is 5.94. The Kier molecular flexibility index (Phi) is 5.85. The second-order valence-electron chi connectivity index (χ2n) is 5.31. The Morgan fingerprint density at radius 3 is 2.50 bits per heavy atom. The minimum absolute atomic E-state index is 0.0106. The second kappa shape index (κ2) is 7.86. The van der Waals surface area contributed by atoms with Gasteiger partial charge < -0.3 is 15.4 Å². The number of nitro groups is 1. The van der Waals surface area contributed by atoms with Crippen LogP contribution in [0.25, 0.3) is 0 Å². The maximum absolute atomic E-state index is 12.3. The third-order valence-corrected chi connectivity index (χ3v) is 3.76. The fraction of sp³-hybridized carbons (Fsp3) is 0.533. The highest BCUT2D eigenvalue weighted by Gasteiger charge is 2.24. The van der Waals surface area contributed by atoms with E-state index in [1.807, 2.05) is 0 Å². The first-order valence-corrected chi connectivity index (χ1v) is 7.47. The Morgan fingerprint density at radius 1 is 1.32 bits per heavy atom. The molecule has 0 aromatic heterocycles. The number of nitrogens with two attached hydrogens (primary N) is 1. The molecule has 1 aromatic rings. The summed E-state index contributed by atoms with van der Waals surface area (Å²) >= 11 is 0. The van der Waals surface area contributed by atoms with Crippen LogP contribution in [0.15, 0.2) is 24.3 Å². The van der Waals surface area contributed by atoms with Crippen LogP contribution in [0.2, 0.25) is 0 Å². The van der Waals surface area contributed by atoms with Crippen LogP contribution in [-0.4, -0.2) is 48.1 Å². The third kappa shape index (κ3) is 4.25. The fourth-order valence-electron chi connectivity index (χ4n) is 2.47. The number of amides is 1. The van der Waals surface area contributed by atoms with Crippen molar-refractivity contribution in [3.05, 3.63) is 39.9 Å². The Hall–Kier alpha value is -1.99. The zero-order chi connectivity index (χ0) is 15.9. The molecule has 0 bridgehead atoms. The molecule has 22 heavy (non-hydrogen) atoms. The van der Waals surface area contributed by atoms with Crippen molar-refractivity contribution in [1.29, 1.82) is 0 Å². The number of benzene rings is 1. The van der Waals surface area contributed by atoms with E-state index in [2.05, 4.69) is 0 Å². The van der Waals surface area contributed by atoms with Crippen LogP contribution in [0.4, 0.5) is 5.69 Å². The number of piperidine rings is 1. The van der Waals surface area contributed by atoms with Gasteiger partial charge in [-0.15, -0.1) is 0 Å². The van der Waals surface area contributed by atoms with Crippen molar-refractivity contribution in [1.82, 2.24) is 4.90 Å². The van der Waals surface area contributed by atoms with E-state index in [-0.39, 0.29) is 17.7 Å². The van der Waals surface area contributed by atoms with Crippen molar-refractivity contribution in [2.24, 2.45) is 5.73 Å². The van der Waals surface area contributed by atoms with Crippen LogP contribution in [0.1, 0.15) is 29.6 Å². The van der Waals surface area contributed by atoms with Crippen LogP contribution >= 0.6 is 0 Å². The zero-order valence-electron chi connectivity index (χ0n) is 12.4. The first-order valence-electron chi connectivity index (χ1n) is 7.47. The number of rotatable bonds is 6. The molecule has 120 valence electrons. The van der Waals surface area contributed by atoms with E-state index in [4.69, 9.17) is 10.5 Å². The number of likely N-dealkylation sites (tertiary alicyclic amines) is 1. The van der Waals surface area contributed by atoms with Crippen molar-refractivity contribution in [2.75, 3.05) is 26.2 Å². The van der Waals surface area contributed by atoms with Gasteiger partial charge in [-0.25, -0.2) is 0 Å². The molecule has 0 spiro atoms. The molecular weight excluding hydrogens is 286 g/mol. The summed E-state index contributed by atoms with van der Waals surface area (Å²) in [7, 11) is 0. The van der Waals surface area contributed by atoms with Crippen molar-refractivity contribution >= 4 is 11.6 Å². The smallest absolute Gasteiger partial charge is 0.269 e. The third-order valence-electron chi connectivity index (χ3n) is 3.76. The predicted molar refractivity (Wildman–Crippen MR) is 81.6 cm³/mol. The lowest BCUT2D eigenvalue weighted by Crippen LogP contribution is -2.41. The molecule has 1 aliphatic heterocycles. The van der Waals surface area contributed by atoms with E-state index in [0.29, 0.717) is 31.8 Å². The SMILES string of the molecule is NCCCOC1CCN(C(=O)c2ccc([N+](=O)[O-])cc2)CC1. The van der Waals surface area contributed by atoms with Gasteiger partial charge in [0, 0.05) is 37.4 Å². The van der Waals surface area contributed by atoms with Crippen molar-refractivity contribution < 1.29 is 14.5 Å². The van der Waals surface area contributed by atoms with Gasteiger partial charge in [0.1, 0.15) is 0 Å². The maximum Gasteiger partial charge on any atom is 0.269 e. The number of nitrogens with zero attached hydrogens (tertiary/aromatic N) is 2. The Morgan fingerprint density at radius 2 is 1.95 bits per heavy atom. The van der Waals surface area contributed by atoms with Crippen LogP contribution in [0.5, 0.6) is 0 Å². The van der Waals surface area contributed by atoms with Gasteiger partial charge >= 0.3 is 0 Å². The summed E-state index contributed by atoms with van der Waals surface area (Å²) in [6.07, 6.45) is 2.65. The summed E-state index contributed by atoms with van der Waals surface area (Å²) in [5, 5.41) is 10.6. The van der Waals surface area contributed by atoms with E-state index in [1.165, 1.54) is 24.3 Å². The molecule has 2 rings (SSSR count). The van der Waals surface area contributed by atoms with Crippen molar-refractivity contribution in [2.45, 2.75) is 25.4 Å². The molecule has 0 atom stereocenters. The first-order chi connectivity index (χ1) is 10.6. The van der Waals surface area contributed by atoms with Crippen molar-refractivity contribution in [3.63, 3.8) is 0 Å². The summed E-state index contributed by atoms with van der Waals surface area (Å²) in [5.74, 6) is -0.0877. The lowest BCUT2D eigenvalue weighted by Gasteiger charge is -2.32. The topological polar surface area (TPSA) is 98.7 Å². The minimum Gasteiger partial charge on any atom is -0.378 e. The number of carbonyl (C=O) groups is 1. The lowest BCUT2D eigenvalue weighted by atomic mass is 10.1. The van der Waals surface area contributed by atoms with Gasteiger partial charge in [0.25, 0.3) is 11.6 Å². The second-order valence-corrected chi connectivity index (χ2v) is 5.31. The predicted octanol–water partition coefficient (Wildman–Crippen LogP) is 1.56. The quantitative estimate of drug-likeness (QED) is 0.488. The fourth-order valence-corrected chi connectivity index (χ4v) is 2.47. The van der Waals surface area contributed by atoms with Gasteiger partial charge in [0.15, 0.2) is 0 Å². The molecule has 1 amide bonds. The summed E-state index contributed by atoms with van der Waals surface area (Å²) < 4.78 is 5.71. The highest BCUT2D eigenvalue weighted by Crippen LogP contribution is 2.18. The standard InChI is InChI=1S/C15H21N3O4/c16-8-1-11-22-14-6-9-17(10-7-14)15(19)12-2-4-13(5-3-12)18(20)21/h2-5,14H,1,6-11,16H2. The van der Waals surface area contributed by atoms with Crippen LogP contribution in [0, 0.1) is 10.1 Å². The van der Waals surface area contributed by atoms with Crippen LogP contribution in [-0.2, 0) is 4.74 Å². The van der Waals surface area contributed by atoms with Crippen LogP contribution < -0.4 is 5.73 Å². The normalized spacial score (nSPS) is 15.8. The number of hydrogen-bond donors (Lipinski definition) is 1. The van der Waals surface area contributed by atoms with E-state index in [0.717, 1.165) is 19.3 Å². The van der Waals surface area contributed by atoms with Gasteiger partial charge in [0.05, 0.1) is 11.0 Å². The van der Waals surface area contributed by atoms with Gasteiger partial charge in [0.2, 0.25) is 0 Å².